The van der Waals surface area contributed by atoms with Gasteiger partial charge in [0.25, 0.3) is 0 Å². The molecular formula is C19H17N3O3S2. The molecule has 0 spiro atoms. The van der Waals surface area contributed by atoms with Gasteiger partial charge in [0.2, 0.25) is 0 Å². The Morgan fingerprint density at radius 2 is 2.15 bits per heavy atom. The lowest BCUT2D eigenvalue weighted by atomic mass is 10.0. The standard InChI is InChI=1S/C19H17N3O3S2/c1-11(12-2-4-15-17(8-12)27-19(24)22-15)18-21-16(10-26-18)14-5-3-13(9-20-14)25-7-6-23/h2-5,8-11,23H,6-7H2,1H3,(H,22,24). The quantitative estimate of drug-likeness (QED) is 0.517. The lowest BCUT2D eigenvalue weighted by molar-refractivity contribution is 0.201. The normalized spacial score (nSPS) is 12.4. The fraction of sp³-hybridized carbons (Fsp3) is 0.211. The topological polar surface area (TPSA) is 88.1 Å². The molecule has 2 N–H and O–H groups in total. The Morgan fingerprint density at radius 3 is 2.93 bits per heavy atom. The molecule has 3 aromatic heterocycles. The van der Waals surface area contributed by atoms with E-state index in [2.05, 4.69) is 23.0 Å². The van der Waals surface area contributed by atoms with Gasteiger partial charge in [-0.15, -0.1) is 11.3 Å². The van der Waals surface area contributed by atoms with Gasteiger partial charge in [-0.3, -0.25) is 9.78 Å². The maximum absolute atomic E-state index is 11.5. The van der Waals surface area contributed by atoms with Crippen LogP contribution in [0.4, 0.5) is 0 Å². The summed E-state index contributed by atoms with van der Waals surface area (Å²) in [6.45, 7) is 2.33. The van der Waals surface area contributed by atoms with Crippen LogP contribution in [0.15, 0.2) is 46.7 Å². The first-order valence-corrected chi connectivity index (χ1v) is 10.1. The zero-order valence-corrected chi connectivity index (χ0v) is 16.1. The highest BCUT2D eigenvalue weighted by atomic mass is 32.1. The molecule has 4 aromatic rings. The van der Waals surface area contributed by atoms with Gasteiger partial charge in [0.15, 0.2) is 0 Å². The molecule has 0 fully saturated rings. The van der Waals surface area contributed by atoms with E-state index in [-0.39, 0.29) is 24.0 Å². The second kappa shape index (κ2) is 7.59. The van der Waals surface area contributed by atoms with E-state index in [1.54, 1.807) is 17.5 Å². The Morgan fingerprint density at radius 1 is 1.26 bits per heavy atom. The zero-order chi connectivity index (χ0) is 18.8. The van der Waals surface area contributed by atoms with Gasteiger partial charge in [-0.25, -0.2) is 4.98 Å². The number of benzene rings is 1. The highest BCUT2D eigenvalue weighted by Crippen LogP contribution is 2.31. The molecule has 8 heteroatoms. The van der Waals surface area contributed by atoms with Crippen LogP contribution >= 0.6 is 22.7 Å². The highest BCUT2D eigenvalue weighted by molar-refractivity contribution is 7.16. The number of aliphatic hydroxyl groups excluding tert-OH is 1. The molecule has 0 saturated heterocycles. The Kier molecular flexibility index (Phi) is 5.02. The summed E-state index contributed by atoms with van der Waals surface area (Å²) in [5.74, 6) is 0.743. The van der Waals surface area contributed by atoms with Crippen molar-refractivity contribution in [3.63, 3.8) is 0 Å². The van der Waals surface area contributed by atoms with Crippen LogP contribution in [0.5, 0.6) is 5.75 Å². The minimum absolute atomic E-state index is 0.0273. The third-order valence-corrected chi connectivity index (χ3v) is 6.07. The number of ether oxygens (including phenoxy) is 1. The molecule has 0 radical (unpaired) electrons. The predicted octanol–water partition coefficient (Wildman–Crippen LogP) is 3.63. The minimum atomic E-state index is -0.0381. The number of nitrogens with zero attached hydrogens (tertiary/aromatic N) is 2. The number of aromatic amines is 1. The summed E-state index contributed by atoms with van der Waals surface area (Å²) in [7, 11) is 0. The molecule has 0 amide bonds. The molecule has 1 unspecified atom stereocenters. The first-order chi connectivity index (χ1) is 13.1. The molecule has 6 nitrogen and oxygen atoms in total. The Bertz CT molecular complexity index is 1120. The molecule has 0 saturated carbocycles. The van der Waals surface area contributed by atoms with Gasteiger partial charge in [0.1, 0.15) is 17.4 Å². The minimum Gasteiger partial charge on any atom is -0.490 e. The van der Waals surface area contributed by atoms with Gasteiger partial charge < -0.3 is 14.8 Å². The SMILES string of the molecule is CC(c1ccc2[nH]c(=O)sc2c1)c1nc(-c2ccc(OCCO)cn2)cs1. The summed E-state index contributed by atoms with van der Waals surface area (Å²) in [6, 6.07) is 9.71. The van der Waals surface area contributed by atoms with E-state index < -0.39 is 0 Å². The number of hydrogen-bond acceptors (Lipinski definition) is 7. The van der Waals surface area contributed by atoms with Gasteiger partial charge in [0, 0.05) is 11.3 Å². The maximum atomic E-state index is 11.5. The number of nitrogens with one attached hydrogen (secondary N) is 1. The number of thiazole rings is 2. The van der Waals surface area contributed by atoms with Crippen LogP contribution in [0.3, 0.4) is 0 Å². The van der Waals surface area contributed by atoms with Gasteiger partial charge in [0.05, 0.1) is 34.4 Å². The van der Waals surface area contributed by atoms with Crippen LogP contribution in [0.2, 0.25) is 0 Å². The highest BCUT2D eigenvalue weighted by Gasteiger charge is 2.15. The fourth-order valence-electron chi connectivity index (χ4n) is 2.76. The average molecular weight is 399 g/mol. The van der Waals surface area contributed by atoms with Crippen LogP contribution in [-0.4, -0.2) is 33.3 Å². The number of aliphatic hydroxyl groups is 1. The van der Waals surface area contributed by atoms with Crippen LogP contribution in [0.1, 0.15) is 23.4 Å². The predicted molar refractivity (Wildman–Crippen MR) is 108 cm³/mol. The van der Waals surface area contributed by atoms with Gasteiger partial charge >= 0.3 is 4.87 Å². The Balaban J connectivity index is 1.56. The van der Waals surface area contributed by atoms with Crippen molar-refractivity contribution < 1.29 is 9.84 Å². The van der Waals surface area contributed by atoms with Crippen molar-refractivity contribution in [1.29, 1.82) is 0 Å². The zero-order valence-electron chi connectivity index (χ0n) is 14.5. The largest absolute Gasteiger partial charge is 0.490 e. The summed E-state index contributed by atoms with van der Waals surface area (Å²) < 4.78 is 6.29. The van der Waals surface area contributed by atoms with Crippen molar-refractivity contribution in [1.82, 2.24) is 15.0 Å². The van der Waals surface area contributed by atoms with E-state index in [1.165, 1.54) is 11.3 Å². The number of aromatic nitrogens is 3. The van der Waals surface area contributed by atoms with Crippen molar-refractivity contribution in [2.24, 2.45) is 0 Å². The summed E-state index contributed by atoms with van der Waals surface area (Å²) in [4.78, 5) is 23.4. The molecule has 3 heterocycles. The number of rotatable bonds is 6. The lowest BCUT2D eigenvalue weighted by Gasteiger charge is -2.08. The van der Waals surface area contributed by atoms with E-state index >= 15 is 0 Å². The van der Waals surface area contributed by atoms with Crippen LogP contribution in [0.25, 0.3) is 21.6 Å². The molecule has 0 bridgehead atoms. The van der Waals surface area contributed by atoms with Crippen molar-refractivity contribution in [2.75, 3.05) is 13.2 Å². The number of fused-ring (bicyclic) bond motifs is 1. The molecule has 0 aliphatic carbocycles. The van der Waals surface area contributed by atoms with E-state index in [4.69, 9.17) is 14.8 Å². The summed E-state index contributed by atoms with van der Waals surface area (Å²) in [5.41, 5.74) is 3.59. The molecule has 0 aliphatic rings. The molecule has 138 valence electrons. The van der Waals surface area contributed by atoms with Crippen LogP contribution in [-0.2, 0) is 0 Å². The molecule has 27 heavy (non-hydrogen) atoms. The molecule has 1 atom stereocenters. The molecule has 4 rings (SSSR count). The Hall–Kier alpha value is -2.55. The average Bonchev–Trinajstić information content (AvgIpc) is 3.31. The van der Waals surface area contributed by atoms with Gasteiger partial charge in [-0.05, 0) is 29.8 Å². The smallest absolute Gasteiger partial charge is 0.305 e. The van der Waals surface area contributed by atoms with Crippen molar-refractivity contribution >= 4 is 32.9 Å². The van der Waals surface area contributed by atoms with Crippen LogP contribution < -0.4 is 9.61 Å². The monoisotopic (exact) mass is 399 g/mol. The van der Waals surface area contributed by atoms with E-state index in [1.807, 2.05) is 29.6 Å². The van der Waals surface area contributed by atoms with E-state index in [9.17, 15) is 4.79 Å². The Labute approximate surface area is 163 Å². The van der Waals surface area contributed by atoms with Crippen molar-refractivity contribution in [3.8, 4) is 17.1 Å². The first-order valence-electron chi connectivity index (χ1n) is 8.42. The van der Waals surface area contributed by atoms with Crippen molar-refractivity contribution in [2.45, 2.75) is 12.8 Å². The van der Waals surface area contributed by atoms with Crippen molar-refractivity contribution in [3.05, 3.63) is 62.1 Å². The lowest BCUT2D eigenvalue weighted by Crippen LogP contribution is -2.01. The van der Waals surface area contributed by atoms with E-state index in [0.717, 1.165) is 32.2 Å². The first kappa shape index (κ1) is 17.8. The summed E-state index contributed by atoms with van der Waals surface area (Å²) in [5, 5.41) is 11.8. The van der Waals surface area contributed by atoms with E-state index in [0.29, 0.717) is 5.75 Å². The number of hydrogen-bond donors (Lipinski definition) is 2. The maximum Gasteiger partial charge on any atom is 0.305 e. The molecular weight excluding hydrogens is 382 g/mol. The third kappa shape index (κ3) is 3.78. The second-order valence-electron chi connectivity index (χ2n) is 6.01. The molecule has 1 aromatic carbocycles. The van der Waals surface area contributed by atoms with Gasteiger partial charge in [-0.1, -0.05) is 24.3 Å². The van der Waals surface area contributed by atoms with Gasteiger partial charge in [-0.2, -0.15) is 0 Å². The fourth-order valence-corrected chi connectivity index (χ4v) is 4.44. The molecule has 0 aliphatic heterocycles. The number of pyridine rings is 1. The summed E-state index contributed by atoms with van der Waals surface area (Å²) >= 11 is 2.82. The third-order valence-electron chi connectivity index (χ3n) is 4.20. The number of H-pyrrole nitrogens is 1. The second-order valence-corrected chi connectivity index (χ2v) is 7.92. The summed E-state index contributed by atoms with van der Waals surface area (Å²) in [6.07, 6.45) is 1.63. The van der Waals surface area contributed by atoms with Crippen LogP contribution in [0, 0.1) is 0 Å².